The molecule has 0 bridgehead atoms. The normalized spacial score (nSPS) is 15.8. The molecule has 0 spiro atoms. The summed E-state index contributed by atoms with van der Waals surface area (Å²) in [6, 6.07) is 16.6. The van der Waals surface area contributed by atoms with Crippen LogP contribution < -0.4 is 9.47 Å². The molecule has 1 N–H and O–H groups in total. The van der Waals surface area contributed by atoms with Gasteiger partial charge in [-0.25, -0.2) is 0 Å². The summed E-state index contributed by atoms with van der Waals surface area (Å²) in [5.41, 5.74) is 4.60. The summed E-state index contributed by atoms with van der Waals surface area (Å²) in [7, 11) is 2.17. The number of unbranched alkanes of at least 4 members (excludes halogenated alkanes) is 1. The molecule has 0 aliphatic carbocycles. The second-order valence-corrected chi connectivity index (χ2v) is 8.54. The molecule has 5 heteroatoms. The maximum absolute atomic E-state index is 6.36. The standard InChI is InChI=1S/C26H29N3O2/c1-18-10-11-22-24(28-18)12-13-25-26(22)31-20(17-30-25)16-29(2)14-6-5-7-19-15-27-23-9-4-3-8-21(19)23/h3-4,8-13,15,20,27H,5-7,14,16-17H2,1-2H3. The summed E-state index contributed by atoms with van der Waals surface area (Å²) in [5.74, 6) is 1.64. The number of likely N-dealkylation sites (N-methyl/N-ethyl adjacent to an activating group) is 1. The van der Waals surface area contributed by atoms with Crippen molar-refractivity contribution in [2.24, 2.45) is 0 Å². The molecule has 0 amide bonds. The topological polar surface area (TPSA) is 50.4 Å². The van der Waals surface area contributed by atoms with Crippen molar-refractivity contribution >= 4 is 21.8 Å². The van der Waals surface area contributed by atoms with Crippen molar-refractivity contribution in [1.82, 2.24) is 14.9 Å². The number of aryl methyl sites for hydroxylation is 2. The van der Waals surface area contributed by atoms with Gasteiger partial charge in [-0.2, -0.15) is 0 Å². The lowest BCUT2D eigenvalue weighted by Crippen LogP contribution is -2.39. The first-order valence-corrected chi connectivity index (χ1v) is 11.1. The van der Waals surface area contributed by atoms with Gasteiger partial charge in [0, 0.05) is 34.7 Å². The third-order valence-electron chi connectivity index (χ3n) is 6.06. The number of nitrogens with zero attached hydrogens (tertiary/aromatic N) is 2. The molecule has 1 unspecified atom stereocenters. The van der Waals surface area contributed by atoms with E-state index in [4.69, 9.17) is 9.47 Å². The number of rotatable bonds is 7. The Labute approximate surface area is 183 Å². The number of H-pyrrole nitrogens is 1. The number of aromatic nitrogens is 2. The van der Waals surface area contributed by atoms with Crippen LogP contribution in [0.15, 0.2) is 54.7 Å². The van der Waals surface area contributed by atoms with Crippen LogP contribution in [0.3, 0.4) is 0 Å². The highest BCUT2D eigenvalue weighted by Crippen LogP contribution is 2.38. The molecule has 0 saturated heterocycles. The number of ether oxygens (including phenoxy) is 2. The van der Waals surface area contributed by atoms with E-state index in [1.165, 1.54) is 22.9 Å². The van der Waals surface area contributed by atoms with E-state index in [9.17, 15) is 0 Å². The lowest BCUT2D eigenvalue weighted by Gasteiger charge is -2.30. The van der Waals surface area contributed by atoms with Gasteiger partial charge in [-0.1, -0.05) is 18.2 Å². The van der Waals surface area contributed by atoms with E-state index in [0.717, 1.165) is 54.0 Å². The molecule has 1 aliphatic rings. The van der Waals surface area contributed by atoms with E-state index in [1.807, 2.05) is 25.1 Å². The van der Waals surface area contributed by atoms with Crippen molar-refractivity contribution in [3.05, 3.63) is 66.0 Å². The fourth-order valence-corrected chi connectivity index (χ4v) is 4.44. The summed E-state index contributed by atoms with van der Waals surface area (Å²) in [4.78, 5) is 10.3. The zero-order valence-electron chi connectivity index (χ0n) is 18.2. The number of nitrogens with one attached hydrogen (secondary N) is 1. The average molecular weight is 416 g/mol. The zero-order chi connectivity index (χ0) is 21.2. The van der Waals surface area contributed by atoms with Crippen LogP contribution >= 0.6 is 0 Å². The SMILES string of the molecule is Cc1ccc2c3c(ccc2n1)OCC(CN(C)CCCCc1c[nH]c2ccccc12)O3. The van der Waals surface area contributed by atoms with E-state index in [2.05, 4.69) is 58.4 Å². The first-order chi connectivity index (χ1) is 15.2. The minimum Gasteiger partial charge on any atom is -0.486 e. The van der Waals surface area contributed by atoms with Crippen LogP contribution in [0.2, 0.25) is 0 Å². The number of hydrogen-bond donors (Lipinski definition) is 1. The van der Waals surface area contributed by atoms with Crippen LogP contribution in [0.25, 0.3) is 21.8 Å². The monoisotopic (exact) mass is 415 g/mol. The molecule has 2 aromatic heterocycles. The van der Waals surface area contributed by atoms with Crippen LogP contribution in [-0.4, -0.2) is 47.7 Å². The number of aromatic amines is 1. The van der Waals surface area contributed by atoms with E-state index < -0.39 is 0 Å². The predicted molar refractivity (Wildman–Crippen MR) is 125 cm³/mol. The Morgan fingerprint density at radius 2 is 1.97 bits per heavy atom. The van der Waals surface area contributed by atoms with Crippen molar-refractivity contribution in [3.63, 3.8) is 0 Å². The van der Waals surface area contributed by atoms with E-state index in [1.54, 1.807) is 0 Å². The highest BCUT2D eigenvalue weighted by atomic mass is 16.6. The summed E-state index contributed by atoms with van der Waals surface area (Å²) in [6.45, 7) is 4.48. The van der Waals surface area contributed by atoms with E-state index >= 15 is 0 Å². The van der Waals surface area contributed by atoms with Crippen LogP contribution in [0.5, 0.6) is 11.5 Å². The van der Waals surface area contributed by atoms with Crippen molar-refractivity contribution < 1.29 is 9.47 Å². The average Bonchev–Trinajstić information content (AvgIpc) is 3.19. The molecule has 5 rings (SSSR count). The summed E-state index contributed by atoms with van der Waals surface area (Å²) in [6.07, 6.45) is 5.61. The molecule has 31 heavy (non-hydrogen) atoms. The van der Waals surface area contributed by atoms with Crippen LogP contribution in [-0.2, 0) is 6.42 Å². The molecular formula is C26H29N3O2. The molecular weight excluding hydrogens is 386 g/mol. The van der Waals surface area contributed by atoms with Gasteiger partial charge in [-0.15, -0.1) is 0 Å². The molecule has 4 aromatic rings. The number of hydrogen-bond acceptors (Lipinski definition) is 4. The molecule has 2 aromatic carbocycles. The maximum atomic E-state index is 6.36. The Kier molecular flexibility index (Phi) is 5.51. The number of benzene rings is 2. The van der Waals surface area contributed by atoms with Gasteiger partial charge in [0.25, 0.3) is 0 Å². The third-order valence-corrected chi connectivity index (χ3v) is 6.06. The largest absolute Gasteiger partial charge is 0.486 e. The number of fused-ring (bicyclic) bond motifs is 4. The molecule has 1 aliphatic heterocycles. The van der Waals surface area contributed by atoms with Crippen molar-refractivity contribution in [3.8, 4) is 11.5 Å². The van der Waals surface area contributed by atoms with Crippen LogP contribution in [0, 0.1) is 6.92 Å². The van der Waals surface area contributed by atoms with Crippen molar-refractivity contribution in [2.45, 2.75) is 32.3 Å². The minimum atomic E-state index is 0.0259. The molecule has 0 radical (unpaired) electrons. The highest BCUT2D eigenvalue weighted by molar-refractivity contribution is 5.88. The van der Waals surface area contributed by atoms with Gasteiger partial charge < -0.3 is 19.4 Å². The van der Waals surface area contributed by atoms with E-state index in [-0.39, 0.29) is 6.10 Å². The highest BCUT2D eigenvalue weighted by Gasteiger charge is 2.24. The molecule has 0 fully saturated rings. The summed E-state index contributed by atoms with van der Waals surface area (Å²) >= 11 is 0. The van der Waals surface area contributed by atoms with Gasteiger partial charge in [0.2, 0.25) is 0 Å². The first kappa shape index (κ1) is 19.9. The molecule has 160 valence electrons. The number of pyridine rings is 1. The maximum Gasteiger partial charge on any atom is 0.171 e. The molecule has 1 atom stereocenters. The second kappa shape index (κ2) is 8.60. The van der Waals surface area contributed by atoms with Crippen molar-refractivity contribution in [1.29, 1.82) is 0 Å². The Bertz CT molecular complexity index is 1200. The third kappa shape index (κ3) is 4.23. The van der Waals surface area contributed by atoms with Gasteiger partial charge in [0.15, 0.2) is 11.5 Å². The lowest BCUT2D eigenvalue weighted by atomic mass is 10.1. The smallest absolute Gasteiger partial charge is 0.171 e. The zero-order valence-corrected chi connectivity index (χ0v) is 18.2. The first-order valence-electron chi connectivity index (χ1n) is 11.1. The summed E-state index contributed by atoms with van der Waals surface area (Å²) < 4.78 is 12.4. The minimum absolute atomic E-state index is 0.0259. The van der Waals surface area contributed by atoms with Gasteiger partial charge in [-0.3, -0.25) is 4.98 Å². The molecule has 0 saturated carbocycles. The van der Waals surface area contributed by atoms with Gasteiger partial charge >= 0.3 is 0 Å². The quantitative estimate of drug-likeness (QED) is 0.426. The Balaban J connectivity index is 1.14. The Morgan fingerprint density at radius 3 is 2.90 bits per heavy atom. The lowest BCUT2D eigenvalue weighted by molar-refractivity contribution is 0.0668. The number of para-hydroxylation sites is 1. The van der Waals surface area contributed by atoms with Gasteiger partial charge in [-0.05, 0) is 75.7 Å². The fourth-order valence-electron chi connectivity index (χ4n) is 4.44. The Morgan fingerprint density at radius 1 is 1.06 bits per heavy atom. The van der Waals surface area contributed by atoms with Gasteiger partial charge in [0.1, 0.15) is 12.7 Å². The van der Waals surface area contributed by atoms with Crippen LogP contribution in [0.4, 0.5) is 0 Å². The van der Waals surface area contributed by atoms with Crippen molar-refractivity contribution in [2.75, 3.05) is 26.7 Å². The molecule has 5 nitrogen and oxygen atoms in total. The predicted octanol–water partition coefficient (Wildman–Crippen LogP) is 5.12. The Hall–Kier alpha value is -3.05. The van der Waals surface area contributed by atoms with Crippen LogP contribution in [0.1, 0.15) is 24.1 Å². The molecule has 3 heterocycles. The summed E-state index contributed by atoms with van der Waals surface area (Å²) in [5, 5.41) is 2.37. The van der Waals surface area contributed by atoms with E-state index in [0.29, 0.717) is 6.61 Å². The van der Waals surface area contributed by atoms with Gasteiger partial charge in [0.05, 0.1) is 5.52 Å². The second-order valence-electron chi connectivity index (χ2n) is 8.54. The fraction of sp³-hybridized carbons (Fsp3) is 0.346.